The third kappa shape index (κ3) is 3.59. The molecule has 0 aliphatic rings. The van der Waals surface area contributed by atoms with E-state index < -0.39 is 0 Å². The number of fused-ring (bicyclic) bond motifs is 1. The summed E-state index contributed by atoms with van der Waals surface area (Å²) in [5.74, 6) is 0.894. The summed E-state index contributed by atoms with van der Waals surface area (Å²) < 4.78 is 5.75. The summed E-state index contributed by atoms with van der Waals surface area (Å²) in [6, 6.07) is 12.4. The van der Waals surface area contributed by atoms with E-state index in [1.807, 2.05) is 18.2 Å². The van der Waals surface area contributed by atoms with Gasteiger partial charge in [-0.15, -0.1) is 0 Å². The van der Waals surface area contributed by atoms with Crippen molar-refractivity contribution in [2.75, 3.05) is 13.2 Å². The van der Waals surface area contributed by atoms with Crippen molar-refractivity contribution in [2.45, 2.75) is 19.6 Å². The lowest BCUT2D eigenvalue weighted by Gasteiger charge is -2.13. The summed E-state index contributed by atoms with van der Waals surface area (Å²) >= 11 is 0. The fourth-order valence-corrected chi connectivity index (χ4v) is 2.28. The molecule has 0 heterocycles. The Balaban J connectivity index is 2.31. The Kier molecular flexibility index (Phi) is 5.16. The topological polar surface area (TPSA) is 46.1 Å². The molecule has 3 nitrogen and oxygen atoms in total. The van der Waals surface area contributed by atoms with E-state index in [-0.39, 0.29) is 6.10 Å². The fourth-order valence-electron chi connectivity index (χ4n) is 2.28. The third-order valence-electron chi connectivity index (χ3n) is 3.21. The van der Waals surface area contributed by atoms with Gasteiger partial charge in [-0.1, -0.05) is 43.0 Å². The average Bonchev–Trinajstić information content (AvgIpc) is 2.45. The van der Waals surface area contributed by atoms with Crippen LogP contribution in [0.15, 0.2) is 49.1 Å². The van der Waals surface area contributed by atoms with Gasteiger partial charge in [0.2, 0.25) is 0 Å². The maximum atomic E-state index is 9.38. The normalized spacial score (nSPS) is 12.3. The smallest absolute Gasteiger partial charge is 0.129 e. The van der Waals surface area contributed by atoms with E-state index in [1.54, 1.807) is 13.0 Å². The molecule has 0 radical (unpaired) electrons. The van der Waals surface area contributed by atoms with Gasteiger partial charge in [-0.3, -0.25) is 0 Å². The quantitative estimate of drug-likeness (QED) is 0.756. The summed E-state index contributed by atoms with van der Waals surface area (Å²) in [7, 11) is 0. The summed E-state index contributed by atoms with van der Waals surface area (Å²) in [4.78, 5) is 0. The molecule has 0 aliphatic heterocycles. The maximum absolute atomic E-state index is 9.38. The molecule has 0 saturated heterocycles. The molecule has 3 heteroatoms. The van der Waals surface area contributed by atoms with Gasteiger partial charge in [-0.05, 0) is 23.8 Å². The number of ether oxygens (including phenoxy) is 1. The molecule has 2 rings (SSSR count). The highest BCUT2D eigenvalue weighted by atomic mass is 16.5. The van der Waals surface area contributed by atoms with Gasteiger partial charge >= 0.3 is 0 Å². The molecule has 106 valence electrons. The third-order valence-corrected chi connectivity index (χ3v) is 3.21. The lowest BCUT2D eigenvalue weighted by molar-refractivity contribution is -0.675. The second kappa shape index (κ2) is 7.08. The first-order valence-corrected chi connectivity index (χ1v) is 6.96. The first kappa shape index (κ1) is 14.6. The molecule has 0 aliphatic carbocycles. The van der Waals surface area contributed by atoms with Crippen LogP contribution in [-0.4, -0.2) is 24.4 Å². The minimum Gasteiger partial charge on any atom is -0.489 e. The number of benzene rings is 2. The van der Waals surface area contributed by atoms with Gasteiger partial charge in [0.05, 0.1) is 11.7 Å². The standard InChI is InChI=1S/C17H21NO2/c1-3-10-20-17-9-8-14-6-4-5-7-15(14)16(17)12-18-11-13(2)19/h3-9,13,18-19H,1,10-12H2,2H3/p+1/t13-/m1/s1. The van der Waals surface area contributed by atoms with Crippen molar-refractivity contribution in [3.63, 3.8) is 0 Å². The van der Waals surface area contributed by atoms with Crippen LogP contribution < -0.4 is 10.1 Å². The Morgan fingerprint density at radius 2 is 2.10 bits per heavy atom. The van der Waals surface area contributed by atoms with E-state index in [9.17, 15) is 5.11 Å². The second-order valence-corrected chi connectivity index (χ2v) is 4.94. The van der Waals surface area contributed by atoms with Gasteiger partial charge in [-0.2, -0.15) is 0 Å². The van der Waals surface area contributed by atoms with Crippen LogP contribution in [0.5, 0.6) is 5.75 Å². The molecule has 20 heavy (non-hydrogen) atoms. The molecule has 0 spiro atoms. The van der Waals surface area contributed by atoms with Crippen molar-refractivity contribution in [2.24, 2.45) is 0 Å². The largest absolute Gasteiger partial charge is 0.489 e. The van der Waals surface area contributed by atoms with Crippen LogP contribution >= 0.6 is 0 Å². The van der Waals surface area contributed by atoms with Crippen LogP contribution in [0.2, 0.25) is 0 Å². The van der Waals surface area contributed by atoms with Crippen molar-refractivity contribution in [1.29, 1.82) is 0 Å². The number of nitrogens with two attached hydrogens (primary N) is 1. The highest BCUT2D eigenvalue weighted by molar-refractivity contribution is 5.87. The van der Waals surface area contributed by atoms with Crippen LogP contribution in [0.3, 0.4) is 0 Å². The fraction of sp³-hybridized carbons (Fsp3) is 0.294. The maximum Gasteiger partial charge on any atom is 0.129 e. The monoisotopic (exact) mass is 272 g/mol. The first-order chi connectivity index (χ1) is 9.72. The van der Waals surface area contributed by atoms with E-state index in [0.29, 0.717) is 13.2 Å². The molecule has 2 aromatic carbocycles. The molecule has 1 atom stereocenters. The molecule has 0 amide bonds. The zero-order chi connectivity index (χ0) is 14.4. The number of hydrogen-bond acceptors (Lipinski definition) is 2. The van der Waals surface area contributed by atoms with Crippen LogP contribution in [0.4, 0.5) is 0 Å². The Morgan fingerprint density at radius 3 is 2.85 bits per heavy atom. The minimum atomic E-state index is -0.303. The molecule has 0 bridgehead atoms. The Morgan fingerprint density at radius 1 is 1.30 bits per heavy atom. The first-order valence-electron chi connectivity index (χ1n) is 6.96. The number of quaternary nitrogens is 1. The summed E-state index contributed by atoms with van der Waals surface area (Å²) in [6.07, 6.45) is 1.45. The molecule has 0 unspecified atom stereocenters. The van der Waals surface area contributed by atoms with Gasteiger partial charge in [0.25, 0.3) is 0 Å². The molecular formula is C17H22NO2+. The Labute approximate surface area is 119 Å². The zero-order valence-electron chi connectivity index (χ0n) is 11.9. The molecule has 3 N–H and O–H groups in total. The Bertz CT molecular complexity index is 578. The van der Waals surface area contributed by atoms with E-state index in [4.69, 9.17) is 4.74 Å². The van der Waals surface area contributed by atoms with E-state index in [1.165, 1.54) is 16.3 Å². The summed E-state index contributed by atoms with van der Waals surface area (Å²) in [6.45, 7) is 7.46. The highest BCUT2D eigenvalue weighted by Gasteiger charge is 2.10. The van der Waals surface area contributed by atoms with E-state index in [2.05, 4.69) is 30.1 Å². The van der Waals surface area contributed by atoms with E-state index >= 15 is 0 Å². The van der Waals surface area contributed by atoms with Crippen LogP contribution in [0.1, 0.15) is 12.5 Å². The molecule has 0 saturated carbocycles. The van der Waals surface area contributed by atoms with Crippen molar-refractivity contribution in [1.82, 2.24) is 0 Å². The number of aliphatic hydroxyl groups is 1. The zero-order valence-corrected chi connectivity index (χ0v) is 11.9. The summed E-state index contributed by atoms with van der Waals surface area (Å²) in [5.41, 5.74) is 1.17. The van der Waals surface area contributed by atoms with Crippen molar-refractivity contribution >= 4 is 10.8 Å². The molecular weight excluding hydrogens is 250 g/mol. The van der Waals surface area contributed by atoms with Gasteiger partial charge in [0, 0.05) is 0 Å². The van der Waals surface area contributed by atoms with Crippen molar-refractivity contribution in [3.8, 4) is 5.75 Å². The number of hydrogen-bond donors (Lipinski definition) is 2. The predicted octanol–water partition coefficient (Wildman–Crippen LogP) is 1.85. The minimum absolute atomic E-state index is 0.303. The molecule has 0 fully saturated rings. The van der Waals surface area contributed by atoms with Gasteiger partial charge in [-0.25, -0.2) is 0 Å². The second-order valence-electron chi connectivity index (χ2n) is 4.94. The van der Waals surface area contributed by atoms with Crippen LogP contribution in [0, 0.1) is 0 Å². The Hall–Kier alpha value is -1.84. The van der Waals surface area contributed by atoms with Crippen LogP contribution in [-0.2, 0) is 6.54 Å². The van der Waals surface area contributed by atoms with E-state index in [0.717, 1.165) is 12.3 Å². The van der Waals surface area contributed by atoms with Gasteiger partial charge < -0.3 is 15.2 Å². The lowest BCUT2D eigenvalue weighted by Crippen LogP contribution is -2.84. The highest BCUT2D eigenvalue weighted by Crippen LogP contribution is 2.27. The van der Waals surface area contributed by atoms with Gasteiger partial charge in [0.15, 0.2) is 0 Å². The SMILES string of the molecule is C=CCOc1ccc2ccccc2c1C[NH2+]C[C@@H](C)O. The average molecular weight is 272 g/mol. The lowest BCUT2D eigenvalue weighted by atomic mass is 10.0. The van der Waals surface area contributed by atoms with Crippen molar-refractivity contribution < 1.29 is 15.2 Å². The molecule has 0 aromatic heterocycles. The number of rotatable bonds is 7. The molecule has 2 aromatic rings. The summed E-state index contributed by atoms with van der Waals surface area (Å²) in [5, 5.41) is 13.9. The van der Waals surface area contributed by atoms with Gasteiger partial charge in [0.1, 0.15) is 25.4 Å². The van der Waals surface area contributed by atoms with Crippen LogP contribution in [0.25, 0.3) is 10.8 Å². The number of aliphatic hydroxyl groups excluding tert-OH is 1. The predicted molar refractivity (Wildman–Crippen MR) is 81.8 cm³/mol. The van der Waals surface area contributed by atoms with Crippen molar-refractivity contribution in [3.05, 3.63) is 54.6 Å².